The maximum absolute atomic E-state index is 12.1. The summed E-state index contributed by atoms with van der Waals surface area (Å²) >= 11 is 0. The van der Waals surface area contributed by atoms with Crippen LogP contribution < -0.4 is 5.32 Å². The number of nitrogens with one attached hydrogen (secondary N) is 1. The smallest absolute Gasteiger partial charge is 0.184 e. The first-order valence-electron chi connectivity index (χ1n) is 7.06. The van der Waals surface area contributed by atoms with Gasteiger partial charge in [-0.15, -0.1) is 0 Å². The number of carbonyl (C=O) groups excluding carboxylic acids is 1. The minimum absolute atomic E-state index is 0.202. The van der Waals surface area contributed by atoms with Gasteiger partial charge in [0.1, 0.15) is 5.69 Å². The fourth-order valence-corrected chi connectivity index (χ4v) is 2.42. The quantitative estimate of drug-likeness (QED) is 0.856. The summed E-state index contributed by atoms with van der Waals surface area (Å²) < 4.78 is 0. The minimum Gasteiger partial charge on any atom is -0.388 e. The van der Waals surface area contributed by atoms with Crippen molar-refractivity contribution in [2.24, 2.45) is 5.92 Å². The first kappa shape index (κ1) is 12.9. The lowest BCUT2D eigenvalue weighted by atomic mass is 9.81. The Labute approximate surface area is 119 Å². The van der Waals surface area contributed by atoms with Crippen LogP contribution in [0.5, 0.6) is 0 Å². The van der Waals surface area contributed by atoms with Crippen LogP contribution in [0.15, 0.2) is 42.6 Å². The molecule has 3 nitrogen and oxygen atoms in total. The second-order valence-corrected chi connectivity index (χ2v) is 5.25. The van der Waals surface area contributed by atoms with Crippen LogP contribution in [0.1, 0.15) is 29.8 Å². The van der Waals surface area contributed by atoms with E-state index in [4.69, 9.17) is 0 Å². The molecule has 20 heavy (non-hydrogen) atoms. The van der Waals surface area contributed by atoms with E-state index in [0.29, 0.717) is 5.69 Å². The van der Waals surface area contributed by atoms with Crippen LogP contribution >= 0.6 is 0 Å². The summed E-state index contributed by atoms with van der Waals surface area (Å²) in [5.41, 5.74) is 3.83. The Morgan fingerprint density at radius 1 is 1.10 bits per heavy atom. The maximum atomic E-state index is 12.1. The molecule has 3 heteroatoms. The molecule has 0 saturated heterocycles. The third-order valence-corrected chi connectivity index (χ3v) is 4.00. The Balaban J connectivity index is 1.79. The number of hydrogen-bond donors (Lipinski definition) is 1. The number of benzene rings is 1. The maximum Gasteiger partial charge on any atom is 0.184 e. The van der Waals surface area contributed by atoms with Crippen molar-refractivity contribution < 1.29 is 4.79 Å². The van der Waals surface area contributed by atoms with E-state index < -0.39 is 0 Å². The topological polar surface area (TPSA) is 42.0 Å². The molecule has 0 spiro atoms. The molecule has 102 valence electrons. The number of anilines is 1. The van der Waals surface area contributed by atoms with Gasteiger partial charge < -0.3 is 5.32 Å². The molecule has 1 aromatic carbocycles. The number of rotatable bonds is 4. The van der Waals surface area contributed by atoms with E-state index in [1.165, 1.54) is 6.42 Å². The van der Waals surface area contributed by atoms with Crippen molar-refractivity contribution in [1.82, 2.24) is 4.98 Å². The zero-order chi connectivity index (χ0) is 13.9. The SMILES string of the molecule is CNc1ccc(-c2ccc(C(=O)C3CCC3)nc2)cc1. The van der Waals surface area contributed by atoms with Crippen molar-refractivity contribution in [2.75, 3.05) is 12.4 Å². The minimum atomic E-state index is 0.202. The molecule has 0 radical (unpaired) electrons. The molecule has 2 aromatic rings. The summed E-state index contributed by atoms with van der Waals surface area (Å²) in [7, 11) is 1.90. The zero-order valence-electron chi connectivity index (χ0n) is 11.6. The molecular formula is C17H18N2O. The van der Waals surface area contributed by atoms with Gasteiger partial charge in [-0.1, -0.05) is 24.6 Å². The van der Waals surface area contributed by atoms with E-state index in [1.807, 2.05) is 31.3 Å². The lowest BCUT2D eigenvalue weighted by Gasteiger charge is -2.23. The van der Waals surface area contributed by atoms with Crippen LogP contribution in [-0.4, -0.2) is 17.8 Å². The second-order valence-electron chi connectivity index (χ2n) is 5.25. The van der Waals surface area contributed by atoms with Gasteiger partial charge in [0.2, 0.25) is 0 Å². The fourth-order valence-electron chi connectivity index (χ4n) is 2.42. The van der Waals surface area contributed by atoms with Crippen LogP contribution in [0.25, 0.3) is 11.1 Å². The van der Waals surface area contributed by atoms with Crippen molar-refractivity contribution in [2.45, 2.75) is 19.3 Å². The van der Waals surface area contributed by atoms with Crippen LogP contribution in [0, 0.1) is 5.92 Å². The standard InChI is InChI=1S/C17H18N2O/c1-18-15-8-5-12(6-9-15)14-7-10-16(19-11-14)17(20)13-3-2-4-13/h5-11,13,18H,2-4H2,1H3. The van der Waals surface area contributed by atoms with E-state index in [1.54, 1.807) is 6.20 Å². The lowest BCUT2D eigenvalue weighted by molar-refractivity contribution is 0.0850. The highest BCUT2D eigenvalue weighted by molar-refractivity contribution is 5.96. The summed E-state index contributed by atoms with van der Waals surface area (Å²) in [6, 6.07) is 12.0. The van der Waals surface area contributed by atoms with Crippen LogP contribution in [0.3, 0.4) is 0 Å². The highest BCUT2D eigenvalue weighted by Crippen LogP contribution is 2.29. The highest BCUT2D eigenvalue weighted by Gasteiger charge is 2.26. The average Bonchev–Trinajstić information content (AvgIpc) is 2.46. The van der Waals surface area contributed by atoms with Gasteiger partial charge in [-0.3, -0.25) is 9.78 Å². The van der Waals surface area contributed by atoms with E-state index >= 15 is 0 Å². The van der Waals surface area contributed by atoms with Gasteiger partial charge in [0.15, 0.2) is 5.78 Å². The Morgan fingerprint density at radius 2 is 1.80 bits per heavy atom. The van der Waals surface area contributed by atoms with Gasteiger partial charge in [0.05, 0.1) is 0 Å². The van der Waals surface area contributed by atoms with Crippen LogP contribution in [0.2, 0.25) is 0 Å². The molecule has 0 amide bonds. The van der Waals surface area contributed by atoms with Gasteiger partial charge in [-0.05, 0) is 36.6 Å². The highest BCUT2D eigenvalue weighted by atomic mass is 16.1. The molecule has 0 atom stereocenters. The lowest BCUT2D eigenvalue weighted by Crippen LogP contribution is -2.22. The number of hydrogen-bond acceptors (Lipinski definition) is 3. The van der Waals surface area contributed by atoms with Gasteiger partial charge in [-0.25, -0.2) is 0 Å². The number of nitrogens with zero attached hydrogens (tertiary/aromatic N) is 1. The average molecular weight is 266 g/mol. The Morgan fingerprint density at radius 3 is 2.30 bits per heavy atom. The van der Waals surface area contributed by atoms with Crippen molar-refractivity contribution in [3.63, 3.8) is 0 Å². The van der Waals surface area contributed by atoms with Gasteiger partial charge >= 0.3 is 0 Å². The van der Waals surface area contributed by atoms with E-state index in [9.17, 15) is 4.79 Å². The molecule has 1 aliphatic carbocycles. The number of ketones is 1. The summed E-state index contributed by atoms with van der Waals surface area (Å²) in [5.74, 6) is 0.414. The third kappa shape index (κ3) is 2.44. The molecule has 1 aliphatic rings. The third-order valence-electron chi connectivity index (χ3n) is 4.00. The first-order valence-corrected chi connectivity index (χ1v) is 7.06. The van der Waals surface area contributed by atoms with Crippen molar-refractivity contribution in [3.05, 3.63) is 48.3 Å². The number of pyridine rings is 1. The monoisotopic (exact) mass is 266 g/mol. The van der Waals surface area contributed by atoms with Crippen LogP contribution in [0.4, 0.5) is 5.69 Å². The molecule has 1 aromatic heterocycles. The molecule has 0 unspecified atom stereocenters. The first-order chi connectivity index (χ1) is 9.78. The second kappa shape index (κ2) is 5.45. The summed E-state index contributed by atoms with van der Waals surface area (Å²) in [6.45, 7) is 0. The predicted octanol–water partition coefficient (Wildman–Crippen LogP) is 3.77. The molecule has 1 N–H and O–H groups in total. The molecule has 1 fully saturated rings. The molecule has 0 bridgehead atoms. The number of aromatic nitrogens is 1. The number of Topliss-reactive ketones (excluding diaryl/α,β-unsaturated/α-hetero) is 1. The van der Waals surface area contributed by atoms with Gasteiger partial charge in [0, 0.05) is 30.4 Å². The number of carbonyl (C=O) groups is 1. The molecule has 1 heterocycles. The largest absolute Gasteiger partial charge is 0.388 e. The van der Waals surface area contributed by atoms with Gasteiger partial charge in [-0.2, -0.15) is 0 Å². The molecule has 1 saturated carbocycles. The molecule has 0 aliphatic heterocycles. The van der Waals surface area contributed by atoms with E-state index in [2.05, 4.69) is 22.4 Å². The van der Waals surface area contributed by atoms with E-state index in [0.717, 1.165) is 29.7 Å². The van der Waals surface area contributed by atoms with Gasteiger partial charge in [0.25, 0.3) is 0 Å². The Hall–Kier alpha value is -2.16. The Bertz CT molecular complexity index is 598. The predicted molar refractivity (Wildman–Crippen MR) is 80.9 cm³/mol. The van der Waals surface area contributed by atoms with Crippen molar-refractivity contribution in [1.29, 1.82) is 0 Å². The summed E-state index contributed by atoms with van der Waals surface area (Å²) in [4.78, 5) is 16.4. The van der Waals surface area contributed by atoms with Crippen molar-refractivity contribution >= 4 is 11.5 Å². The summed E-state index contributed by atoms with van der Waals surface area (Å²) in [5, 5.41) is 3.09. The van der Waals surface area contributed by atoms with Crippen LogP contribution in [-0.2, 0) is 0 Å². The van der Waals surface area contributed by atoms with Crippen molar-refractivity contribution in [3.8, 4) is 11.1 Å². The molecular weight excluding hydrogens is 248 g/mol. The molecule has 3 rings (SSSR count). The fraction of sp³-hybridized carbons (Fsp3) is 0.294. The Kier molecular flexibility index (Phi) is 3.50. The zero-order valence-corrected chi connectivity index (χ0v) is 11.6. The summed E-state index contributed by atoms with van der Waals surface area (Å²) in [6.07, 6.45) is 5.01. The normalized spacial score (nSPS) is 14.7. The van der Waals surface area contributed by atoms with E-state index in [-0.39, 0.29) is 11.7 Å².